The first-order valence-electron chi connectivity index (χ1n) is 5.36. The molecule has 2 N–H and O–H groups in total. The lowest BCUT2D eigenvalue weighted by Crippen LogP contribution is -2.45. The first-order valence-corrected chi connectivity index (χ1v) is 7.18. The van der Waals surface area contributed by atoms with Gasteiger partial charge in [-0.1, -0.05) is 12.2 Å². The lowest BCUT2D eigenvalue weighted by molar-refractivity contribution is 0.157. The van der Waals surface area contributed by atoms with Crippen LogP contribution in [0.1, 0.15) is 19.3 Å². The molecular formula is C10H17NO3S. The molecule has 0 spiro atoms. The molecule has 2 aliphatic rings. The Balaban J connectivity index is 1.92. The third-order valence-corrected chi connectivity index (χ3v) is 4.76. The van der Waals surface area contributed by atoms with Gasteiger partial charge in [-0.05, 0) is 19.3 Å². The number of hydrogen-bond acceptors (Lipinski definition) is 4. The fraction of sp³-hybridized carbons (Fsp3) is 0.800. The first kappa shape index (κ1) is 11.1. The van der Waals surface area contributed by atoms with Gasteiger partial charge >= 0.3 is 0 Å². The predicted octanol–water partition coefficient (Wildman–Crippen LogP) is -0.157. The van der Waals surface area contributed by atoms with Crippen LogP contribution < -0.4 is 5.32 Å². The summed E-state index contributed by atoms with van der Waals surface area (Å²) in [5.41, 5.74) is 0. The number of nitrogens with one attached hydrogen (secondary N) is 1. The summed E-state index contributed by atoms with van der Waals surface area (Å²) in [6.07, 6.45) is 6.51. The molecule has 1 aliphatic carbocycles. The Hall–Kier alpha value is -0.390. The van der Waals surface area contributed by atoms with Crippen molar-refractivity contribution in [3.63, 3.8) is 0 Å². The molecule has 0 saturated carbocycles. The van der Waals surface area contributed by atoms with E-state index in [4.69, 9.17) is 0 Å². The van der Waals surface area contributed by atoms with Gasteiger partial charge < -0.3 is 10.4 Å². The van der Waals surface area contributed by atoms with Crippen molar-refractivity contribution < 1.29 is 13.5 Å². The Labute approximate surface area is 90.3 Å². The van der Waals surface area contributed by atoms with Gasteiger partial charge in [0.25, 0.3) is 0 Å². The molecule has 4 nitrogen and oxygen atoms in total. The van der Waals surface area contributed by atoms with Crippen molar-refractivity contribution in [2.24, 2.45) is 0 Å². The molecule has 0 amide bonds. The van der Waals surface area contributed by atoms with Gasteiger partial charge in [-0.3, -0.25) is 0 Å². The van der Waals surface area contributed by atoms with Gasteiger partial charge in [0.15, 0.2) is 9.84 Å². The lowest BCUT2D eigenvalue weighted by Gasteiger charge is -2.24. The van der Waals surface area contributed by atoms with Crippen LogP contribution in [-0.4, -0.2) is 43.2 Å². The van der Waals surface area contributed by atoms with Crippen molar-refractivity contribution in [1.29, 1.82) is 0 Å². The molecule has 0 radical (unpaired) electrons. The van der Waals surface area contributed by atoms with E-state index >= 15 is 0 Å². The average Bonchev–Trinajstić information content (AvgIpc) is 2.41. The quantitative estimate of drug-likeness (QED) is 0.648. The number of rotatable bonds is 2. The molecule has 3 atom stereocenters. The van der Waals surface area contributed by atoms with Crippen LogP contribution in [0.25, 0.3) is 0 Å². The monoisotopic (exact) mass is 231 g/mol. The molecular weight excluding hydrogens is 214 g/mol. The maximum absolute atomic E-state index is 11.3. The molecule has 5 heteroatoms. The van der Waals surface area contributed by atoms with Gasteiger partial charge in [0.05, 0.1) is 17.6 Å². The molecule has 0 bridgehead atoms. The Morgan fingerprint density at radius 1 is 1.27 bits per heavy atom. The molecule has 86 valence electrons. The van der Waals surface area contributed by atoms with E-state index in [2.05, 4.69) is 17.5 Å². The second-order valence-corrected chi connectivity index (χ2v) is 6.55. The minimum atomic E-state index is -3.03. The summed E-state index contributed by atoms with van der Waals surface area (Å²) in [5, 5.41) is 12.8. The highest BCUT2D eigenvalue weighted by Gasteiger charge is 2.37. The number of allylic oxidation sites excluding steroid dienone is 1. The van der Waals surface area contributed by atoms with Crippen molar-refractivity contribution in [1.82, 2.24) is 5.32 Å². The third-order valence-electron chi connectivity index (χ3n) is 3.04. The number of aliphatic hydroxyl groups excluding tert-OH is 1. The van der Waals surface area contributed by atoms with Crippen LogP contribution in [0, 0.1) is 0 Å². The van der Waals surface area contributed by atoms with Crippen LogP contribution in [-0.2, 0) is 9.84 Å². The van der Waals surface area contributed by atoms with E-state index in [0.29, 0.717) is 6.04 Å². The van der Waals surface area contributed by atoms with Gasteiger partial charge in [0.2, 0.25) is 0 Å². The summed E-state index contributed by atoms with van der Waals surface area (Å²) in [6.45, 7) is 0. The van der Waals surface area contributed by atoms with Crippen molar-refractivity contribution in [3.05, 3.63) is 12.2 Å². The molecule has 1 saturated heterocycles. The first-order chi connectivity index (χ1) is 7.07. The SMILES string of the molecule is O=S1(=O)CC(O)C(NC2CC=CCC2)C1. The smallest absolute Gasteiger partial charge is 0.154 e. The van der Waals surface area contributed by atoms with Gasteiger partial charge in [-0.2, -0.15) is 0 Å². The molecule has 3 unspecified atom stereocenters. The second kappa shape index (κ2) is 4.23. The Kier molecular flexibility index (Phi) is 3.13. The molecule has 15 heavy (non-hydrogen) atoms. The van der Waals surface area contributed by atoms with E-state index in [1.807, 2.05) is 0 Å². The Bertz CT molecular complexity index is 350. The van der Waals surface area contributed by atoms with Crippen molar-refractivity contribution in [2.75, 3.05) is 11.5 Å². The molecule has 1 aliphatic heterocycles. The molecule has 0 aromatic carbocycles. The average molecular weight is 231 g/mol. The minimum absolute atomic E-state index is 0.0778. The van der Waals surface area contributed by atoms with Crippen molar-refractivity contribution >= 4 is 9.84 Å². The fourth-order valence-electron chi connectivity index (χ4n) is 2.24. The number of sulfone groups is 1. The summed E-state index contributed by atoms with van der Waals surface area (Å²) >= 11 is 0. The largest absolute Gasteiger partial charge is 0.390 e. The topological polar surface area (TPSA) is 66.4 Å². The van der Waals surface area contributed by atoms with Crippen LogP contribution in [0.2, 0.25) is 0 Å². The minimum Gasteiger partial charge on any atom is -0.390 e. The van der Waals surface area contributed by atoms with Crippen LogP contribution in [0.3, 0.4) is 0 Å². The van der Waals surface area contributed by atoms with Crippen LogP contribution in [0.15, 0.2) is 12.2 Å². The van der Waals surface area contributed by atoms with E-state index in [1.54, 1.807) is 0 Å². The summed E-state index contributed by atoms with van der Waals surface area (Å²) in [5.74, 6) is -0.0123. The highest BCUT2D eigenvalue weighted by atomic mass is 32.2. The van der Waals surface area contributed by atoms with Crippen LogP contribution in [0.5, 0.6) is 0 Å². The normalized spacial score (nSPS) is 39.4. The molecule has 2 rings (SSSR count). The zero-order valence-electron chi connectivity index (χ0n) is 8.59. The molecule has 0 aromatic heterocycles. The highest BCUT2D eigenvalue weighted by molar-refractivity contribution is 7.91. The van der Waals surface area contributed by atoms with E-state index in [-0.39, 0.29) is 17.5 Å². The second-order valence-electron chi connectivity index (χ2n) is 4.40. The van der Waals surface area contributed by atoms with Gasteiger partial charge in [-0.15, -0.1) is 0 Å². The van der Waals surface area contributed by atoms with E-state index in [9.17, 15) is 13.5 Å². The van der Waals surface area contributed by atoms with Gasteiger partial charge in [0.1, 0.15) is 0 Å². The maximum Gasteiger partial charge on any atom is 0.154 e. The van der Waals surface area contributed by atoms with Gasteiger partial charge in [-0.25, -0.2) is 8.42 Å². The summed E-state index contributed by atoms with van der Waals surface area (Å²) < 4.78 is 22.6. The van der Waals surface area contributed by atoms with Crippen molar-refractivity contribution in [2.45, 2.75) is 37.5 Å². The van der Waals surface area contributed by atoms with E-state index in [0.717, 1.165) is 19.3 Å². The Morgan fingerprint density at radius 2 is 2.07 bits per heavy atom. The van der Waals surface area contributed by atoms with Gasteiger partial charge in [0, 0.05) is 12.1 Å². The van der Waals surface area contributed by atoms with Crippen molar-refractivity contribution in [3.8, 4) is 0 Å². The standard InChI is InChI=1S/C10H17NO3S/c12-10-7-15(13,14)6-9(10)11-8-4-2-1-3-5-8/h1-2,8-12H,3-7H2. The summed E-state index contributed by atoms with van der Waals surface area (Å²) in [7, 11) is -3.03. The highest BCUT2D eigenvalue weighted by Crippen LogP contribution is 2.17. The molecule has 1 fully saturated rings. The lowest BCUT2D eigenvalue weighted by atomic mass is 10.0. The third kappa shape index (κ3) is 2.80. The van der Waals surface area contributed by atoms with Crippen LogP contribution >= 0.6 is 0 Å². The molecule has 0 aromatic rings. The van der Waals surface area contributed by atoms with E-state index < -0.39 is 15.9 Å². The molecule has 1 heterocycles. The maximum atomic E-state index is 11.3. The predicted molar refractivity (Wildman–Crippen MR) is 58.4 cm³/mol. The zero-order valence-corrected chi connectivity index (χ0v) is 9.41. The summed E-state index contributed by atoms with van der Waals surface area (Å²) in [4.78, 5) is 0. The Morgan fingerprint density at radius 3 is 2.60 bits per heavy atom. The number of hydrogen-bond donors (Lipinski definition) is 2. The zero-order chi connectivity index (χ0) is 10.9. The number of aliphatic hydroxyl groups is 1. The van der Waals surface area contributed by atoms with Crippen LogP contribution in [0.4, 0.5) is 0 Å². The van der Waals surface area contributed by atoms with E-state index in [1.165, 1.54) is 0 Å². The fourth-order valence-corrected chi connectivity index (χ4v) is 3.99. The summed E-state index contributed by atoms with van der Waals surface area (Å²) in [6, 6.07) is 0.0504.